The van der Waals surface area contributed by atoms with Gasteiger partial charge in [-0.1, -0.05) is 41.3 Å². The van der Waals surface area contributed by atoms with Crippen molar-refractivity contribution in [2.24, 2.45) is 0 Å². The normalized spacial score (nSPS) is 14.2. The standard InChI is InChI=1S/C10H16N.C7H7F5O5S/c1-11(2,3)9-10-7-5-4-6-8-10;1-3(2)6(13)16-4(7(9,10)11)5(8)18(14,15)17-12/h4-8H,9H2,1-3H3;4-5H,1H2,2H3/q+1;. The molecular formula is C17H23F5NO5S+. The van der Waals surface area contributed by atoms with Crippen molar-refractivity contribution in [2.75, 3.05) is 21.1 Å². The minimum absolute atomic E-state index is 0.532. The maximum Gasteiger partial charge on any atom is 0.429 e. The van der Waals surface area contributed by atoms with Crippen molar-refractivity contribution >= 4 is 16.1 Å². The second kappa shape index (κ2) is 10.6. The van der Waals surface area contributed by atoms with E-state index in [-0.39, 0.29) is 0 Å². The van der Waals surface area contributed by atoms with Gasteiger partial charge < -0.3 is 9.22 Å². The molecule has 1 aromatic carbocycles. The highest BCUT2D eigenvalue weighted by Crippen LogP contribution is 2.30. The zero-order chi connectivity index (χ0) is 23.0. The molecule has 12 heteroatoms. The predicted molar refractivity (Wildman–Crippen MR) is 94.9 cm³/mol. The van der Waals surface area contributed by atoms with E-state index in [1.54, 1.807) is 0 Å². The number of carbonyl (C=O) groups excluding carboxylic acids is 1. The lowest BCUT2D eigenvalue weighted by molar-refractivity contribution is -0.884. The number of quaternary nitrogens is 1. The van der Waals surface area contributed by atoms with Gasteiger partial charge >= 0.3 is 22.3 Å². The number of rotatable bonds is 7. The van der Waals surface area contributed by atoms with Crippen LogP contribution < -0.4 is 0 Å². The van der Waals surface area contributed by atoms with Gasteiger partial charge in [0.15, 0.2) is 0 Å². The molecule has 1 aromatic rings. The molecule has 0 aliphatic carbocycles. The van der Waals surface area contributed by atoms with Gasteiger partial charge in [-0.05, 0) is 11.4 Å². The van der Waals surface area contributed by atoms with Crippen molar-refractivity contribution < 1.29 is 48.9 Å². The predicted octanol–water partition coefficient (Wildman–Crippen LogP) is 3.46. The van der Waals surface area contributed by atoms with Crippen molar-refractivity contribution in [1.82, 2.24) is 0 Å². The molecule has 2 unspecified atom stereocenters. The third-order valence-electron chi connectivity index (χ3n) is 3.01. The molecule has 0 aliphatic heterocycles. The van der Waals surface area contributed by atoms with Crippen LogP contribution in [0.2, 0.25) is 0 Å². The molecule has 0 fully saturated rings. The van der Waals surface area contributed by atoms with Gasteiger partial charge in [-0.15, -0.1) is 0 Å². The van der Waals surface area contributed by atoms with Gasteiger partial charge in [0, 0.05) is 11.1 Å². The Kier molecular flexibility index (Phi) is 9.90. The number of esters is 1. The lowest BCUT2D eigenvalue weighted by Crippen LogP contribution is -2.45. The largest absolute Gasteiger partial charge is 0.445 e. The van der Waals surface area contributed by atoms with Crippen LogP contribution in [0.1, 0.15) is 12.5 Å². The highest BCUT2D eigenvalue weighted by molar-refractivity contribution is 7.87. The summed E-state index contributed by atoms with van der Waals surface area (Å²) in [4.78, 5) is 10.8. The molecule has 0 aromatic heterocycles. The van der Waals surface area contributed by atoms with Crippen LogP contribution in [0.3, 0.4) is 0 Å². The average molecular weight is 448 g/mol. The highest BCUT2D eigenvalue weighted by Gasteiger charge is 2.54. The lowest BCUT2D eigenvalue weighted by Gasteiger charge is -2.23. The zero-order valence-electron chi connectivity index (χ0n) is 16.2. The third-order valence-corrected chi connectivity index (χ3v) is 3.98. The SMILES string of the molecule is C=C(C)C(=O)OC(C(F)S(=O)(=O)OF)C(F)(F)F.C[N+](C)(C)Cc1ccccc1. The summed E-state index contributed by atoms with van der Waals surface area (Å²) in [5.41, 5.74) is -3.08. The van der Waals surface area contributed by atoms with E-state index in [0.29, 0.717) is 0 Å². The zero-order valence-corrected chi connectivity index (χ0v) is 17.1. The fourth-order valence-electron chi connectivity index (χ4n) is 1.80. The summed E-state index contributed by atoms with van der Waals surface area (Å²) in [5.74, 6) is -1.69. The average Bonchev–Trinajstić information content (AvgIpc) is 2.57. The number of alkyl halides is 4. The van der Waals surface area contributed by atoms with Crippen molar-refractivity contribution in [2.45, 2.75) is 31.3 Å². The number of carbonyl (C=O) groups is 1. The number of halogens is 5. The van der Waals surface area contributed by atoms with E-state index < -0.39 is 39.4 Å². The summed E-state index contributed by atoms with van der Waals surface area (Å²) < 4.78 is 88.8. The molecule has 0 radical (unpaired) electrons. The van der Waals surface area contributed by atoms with Crippen molar-refractivity contribution in [3.05, 3.63) is 48.0 Å². The Morgan fingerprint density at radius 3 is 2.00 bits per heavy atom. The molecule has 0 bridgehead atoms. The van der Waals surface area contributed by atoms with E-state index in [1.165, 1.54) is 5.56 Å². The molecule has 0 saturated carbocycles. The fraction of sp³-hybridized carbons (Fsp3) is 0.471. The molecule has 0 spiro atoms. The topological polar surface area (TPSA) is 69.7 Å². The van der Waals surface area contributed by atoms with E-state index in [0.717, 1.165) is 18.0 Å². The molecule has 166 valence electrons. The first-order valence-corrected chi connectivity index (χ1v) is 9.44. The number of ether oxygens (including phenoxy) is 1. The number of nitrogens with zero attached hydrogens (tertiary/aromatic N) is 1. The van der Waals surface area contributed by atoms with Gasteiger partial charge in [-0.2, -0.15) is 21.6 Å². The Bertz CT molecular complexity index is 776. The van der Waals surface area contributed by atoms with Gasteiger partial charge in [0.1, 0.15) is 6.54 Å². The van der Waals surface area contributed by atoms with Crippen LogP contribution in [0, 0.1) is 0 Å². The molecule has 2 atom stereocenters. The van der Waals surface area contributed by atoms with E-state index in [4.69, 9.17) is 0 Å². The monoisotopic (exact) mass is 448 g/mol. The second-order valence-electron chi connectivity index (χ2n) is 6.99. The van der Waals surface area contributed by atoms with Crippen LogP contribution in [0.4, 0.5) is 22.1 Å². The van der Waals surface area contributed by atoms with Crippen LogP contribution in [0.15, 0.2) is 42.5 Å². The summed E-state index contributed by atoms with van der Waals surface area (Å²) >= 11 is 0. The second-order valence-corrected chi connectivity index (χ2v) is 8.55. The number of hydrogen-bond acceptors (Lipinski definition) is 5. The minimum Gasteiger partial charge on any atom is -0.445 e. The Morgan fingerprint density at radius 1 is 1.17 bits per heavy atom. The minimum atomic E-state index is -5.81. The first kappa shape index (κ1) is 27.0. The molecular weight excluding hydrogens is 425 g/mol. The fourth-order valence-corrected chi connectivity index (χ4v) is 2.38. The van der Waals surface area contributed by atoms with E-state index in [9.17, 15) is 35.3 Å². The molecule has 0 heterocycles. The van der Waals surface area contributed by atoms with Gasteiger partial charge in [-0.3, -0.25) is 0 Å². The van der Waals surface area contributed by atoms with Gasteiger partial charge in [0.05, 0.1) is 21.1 Å². The third kappa shape index (κ3) is 10.3. The van der Waals surface area contributed by atoms with Crippen LogP contribution in [-0.2, 0) is 30.6 Å². The quantitative estimate of drug-likeness (QED) is 0.277. The number of hydrogen-bond donors (Lipinski definition) is 0. The summed E-state index contributed by atoms with van der Waals surface area (Å²) in [6, 6.07) is 10.6. The first-order chi connectivity index (χ1) is 13.0. The van der Waals surface area contributed by atoms with Crippen LogP contribution in [0.5, 0.6) is 0 Å². The Morgan fingerprint density at radius 2 is 1.66 bits per heavy atom. The molecule has 6 nitrogen and oxygen atoms in total. The highest BCUT2D eigenvalue weighted by atomic mass is 32.2. The Labute approximate surface area is 166 Å². The van der Waals surface area contributed by atoms with Gasteiger partial charge in [0.25, 0.3) is 5.50 Å². The molecule has 29 heavy (non-hydrogen) atoms. The van der Waals surface area contributed by atoms with Crippen molar-refractivity contribution in [3.63, 3.8) is 0 Å². The molecule has 0 aliphatic rings. The first-order valence-electron chi connectivity index (χ1n) is 7.97. The van der Waals surface area contributed by atoms with E-state index >= 15 is 0 Å². The van der Waals surface area contributed by atoms with Crippen LogP contribution in [-0.4, -0.2) is 57.8 Å². The van der Waals surface area contributed by atoms with E-state index in [1.807, 2.05) is 0 Å². The van der Waals surface area contributed by atoms with Crippen LogP contribution >= 0.6 is 0 Å². The van der Waals surface area contributed by atoms with Gasteiger partial charge in [-0.25, -0.2) is 9.18 Å². The lowest BCUT2D eigenvalue weighted by atomic mass is 10.2. The summed E-state index contributed by atoms with van der Waals surface area (Å²) in [6.45, 7) is 4.96. The molecule has 1 rings (SSSR count). The van der Waals surface area contributed by atoms with E-state index in [2.05, 4.69) is 67.2 Å². The molecule has 0 saturated heterocycles. The maximum atomic E-state index is 13.0. The smallest absolute Gasteiger partial charge is 0.429 e. The van der Waals surface area contributed by atoms with Crippen molar-refractivity contribution in [3.8, 4) is 0 Å². The summed E-state index contributed by atoms with van der Waals surface area (Å²) in [5, 5.41) is 0. The van der Waals surface area contributed by atoms with Gasteiger partial charge in [0.2, 0.25) is 6.10 Å². The Hall–Kier alpha value is -2.05. The summed E-state index contributed by atoms with van der Waals surface area (Å²) in [6.07, 6.45) is -9.29. The maximum absolute atomic E-state index is 13.0. The number of benzene rings is 1. The van der Waals surface area contributed by atoms with Crippen molar-refractivity contribution in [1.29, 1.82) is 0 Å². The molecule has 0 N–H and O–H groups in total. The molecule has 0 amide bonds. The Balaban J connectivity index is 0.000000604. The summed E-state index contributed by atoms with van der Waals surface area (Å²) in [7, 11) is 0.792. The van der Waals surface area contributed by atoms with Crippen LogP contribution in [0.25, 0.3) is 0 Å².